The van der Waals surface area contributed by atoms with E-state index in [1.807, 2.05) is 4.90 Å². The van der Waals surface area contributed by atoms with Crippen LogP contribution in [0.15, 0.2) is 0 Å². The monoisotopic (exact) mass is 300 g/mol. The highest BCUT2D eigenvalue weighted by molar-refractivity contribution is 6.74. The van der Waals surface area contributed by atoms with Crippen LogP contribution in [0.2, 0.25) is 18.1 Å². The normalized spacial score (nSPS) is 28.6. The molecule has 2 heterocycles. The van der Waals surface area contributed by atoms with Crippen LogP contribution in [0.4, 0.5) is 4.79 Å². The summed E-state index contributed by atoms with van der Waals surface area (Å²) in [6.07, 6.45) is 0.838. The lowest BCUT2D eigenvalue weighted by molar-refractivity contribution is 0.0570. The van der Waals surface area contributed by atoms with Crippen molar-refractivity contribution >= 4 is 14.4 Å². The molecule has 2 saturated heterocycles. The number of hydrogen-bond acceptors (Lipinski definition) is 4. The molecule has 0 bridgehead atoms. The maximum Gasteiger partial charge on any atom is 0.410 e. The summed E-state index contributed by atoms with van der Waals surface area (Å²) in [6.45, 7) is 14.2. The van der Waals surface area contributed by atoms with E-state index < -0.39 is 8.32 Å². The number of cyclic esters (lactones) is 1. The van der Waals surface area contributed by atoms with Crippen molar-refractivity contribution in [2.75, 3.05) is 26.2 Å². The van der Waals surface area contributed by atoms with Gasteiger partial charge in [-0.2, -0.15) is 0 Å². The molecule has 2 aliphatic rings. The fourth-order valence-electron chi connectivity index (χ4n) is 2.55. The Morgan fingerprint density at radius 2 is 2.10 bits per heavy atom. The largest absolute Gasteiger partial charge is 0.448 e. The van der Waals surface area contributed by atoms with Gasteiger partial charge in [0.15, 0.2) is 8.32 Å². The molecule has 2 unspecified atom stereocenters. The number of hydrogen-bond donors (Lipinski definition) is 1. The number of nitrogens with zero attached hydrogens (tertiary/aromatic N) is 1. The quantitative estimate of drug-likeness (QED) is 0.812. The van der Waals surface area contributed by atoms with Crippen LogP contribution < -0.4 is 5.32 Å². The number of nitrogens with one attached hydrogen (secondary N) is 1. The molecule has 116 valence electrons. The predicted octanol–water partition coefficient (Wildman–Crippen LogP) is 2.19. The van der Waals surface area contributed by atoms with Crippen LogP contribution in [-0.4, -0.2) is 57.7 Å². The van der Waals surface area contributed by atoms with Crippen LogP contribution in [0.5, 0.6) is 0 Å². The number of ether oxygens (including phenoxy) is 1. The third-order valence-corrected chi connectivity index (χ3v) is 9.34. The molecule has 2 aliphatic heterocycles. The van der Waals surface area contributed by atoms with Gasteiger partial charge in [-0.3, -0.25) is 4.90 Å². The second kappa shape index (κ2) is 5.65. The Labute approximate surface area is 123 Å². The maximum atomic E-state index is 11.8. The molecule has 5 nitrogen and oxygen atoms in total. The van der Waals surface area contributed by atoms with Crippen molar-refractivity contribution in [1.82, 2.24) is 10.2 Å². The Kier molecular flexibility index (Phi) is 4.46. The molecule has 2 atom stereocenters. The Balaban J connectivity index is 2.09. The van der Waals surface area contributed by atoms with Gasteiger partial charge in [-0.25, -0.2) is 4.79 Å². The Morgan fingerprint density at radius 1 is 1.40 bits per heavy atom. The molecular weight excluding hydrogens is 272 g/mol. The van der Waals surface area contributed by atoms with Crippen molar-refractivity contribution in [3.05, 3.63) is 0 Å². The van der Waals surface area contributed by atoms with Gasteiger partial charge in [0, 0.05) is 6.54 Å². The standard InChI is InChI=1S/C14H28N2O3Si/c1-14(2,3)20(4,5)19-12-10-15-7-6-11(12)16-8-9-18-13(16)17/h11-12,15H,6-10H2,1-5H3. The Bertz CT molecular complexity index is 368. The number of amides is 1. The van der Waals surface area contributed by atoms with E-state index in [4.69, 9.17) is 9.16 Å². The van der Waals surface area contributed by atoms with Crippen molar-refractivity contribution in [3.8, 4) is 0 Å². The van der Waals surface area contributed by atoms with Crippen LogP contribution in [0.1, 0.15) is 27.2 Å². The van der Waals surface area contributed by atoms with Gasteiger partial charge in [0.05, 0.1) is 18.7 Å². The zero-order chi connectivity index (χ0) is 15.0. The topological polar surface area (TPSA) is 50.8 Å². The van der Waals surface area contributed by atoms with Gasteiger partial charge in [0.1, 0.15) is 6.61 Å². The molecule has 2 fully saturated rings. The van der Waals surface area contributed by atoms with E-state index in [0.717, 1.165) is 19.5 Å². The fourth-order valence-corrected chi connectivity index (χ4v) is 3.91. The average molecular weight is 300 g/mol. The second-order valence-electron chi connectivity index (χ2n) is 7.28. The molecule has 0 aromatic rings. The van der Waals surface area contributed by atoms with Crippen LogP contribution in [0.25, 0.3) is 0 Å². The summed E-state index contributed by atoms with van der Waals surface area (Å²) < 4.78 is 11.6. The van der Waals surface area contributed by atoms with E-state index in [1.54, 1.807) is 0 Å². The van der Waals surface area contributed by atoms with Crippen LogP contribution in [0, 0.1) is 0 Å². The number of piperidine rings is 1. The van der Waals surface area contributed by atoms with E-state index in [1.165, 1.54) is 0 Å². The molecule has 2 rings (SSSR count). The van der Waals surface area contributed by atoms with E-state index in [0.29, 0.717) is 13.2 Å². The summed E-state index contributed by atoms with van der Waals surface area (Å²) in [5, 5.41) is 3.58. The molecular formula is C14H28N2O3Si. The van der Waals surface area contributed by atoms with Crippen molar-refractivity contribution in [2.45, 2.75) is 57.5 Å². The molecule has 1 N–H and O–H groups in total. The van der Waals surface area contributed by atoms with Gasteiger partial charge < -0.3 is 14.5 Å². The highest BCUT2D eigenvalue weighted by Crippen LogP contribution is 2.38. The van der Waals surface area contributed by atoms with Gasteiger partial charge in [-0.1, -0.05) is 20.8 Å². The average Bonchev–Trinajstić information content (AvgIpc) is 2.74. The van der Waals surface area contributed by atoms with Crippen molar-refractivity contribution in [2.24, 2.45) is 0 Å². The van der Waals surface area contributed by atoms with Crippen molar-refractivity contribution < 1.29 is 14.0 Å². The van der Waals surface area contributed by atoms with Gasteiger partial charge in [-0.15, -0.1) is 0 Å². The molecule has 0 spiro atoms. The van der Waals surface area contributed by atoms with Crippen molar-refractivity contribution in [1.29, 1.82) is 0 Å². The van der Waals surface area contributed by atoms with Crippen molar-refractivity contribution in [3.63, 3.8) is 0 Å². The van der Waals surface area contributed by atoms with E-state index >= 15 is 0 Å². The molecule has 0 aliphatic carbocycles. The summed E-state index contributed by atoms with van der Waals surface area (Å²) >= 11 is 0. The first-order valence-electron chi connectivity index (χ1n) is 7.54. The lowest BCUT2D eigenvalue weighted by Gasteiger charge is -2.44. The number of carbonyl (C=O) groups is 1. The minimum absolute atomic E-state index is 0.0790. The second-order valence-corrected chi connectivity index (χ2v) is 12.0. The van der Waals surface area contributed by atoms with E-state index in [-0.39, 0.29) is 23.3 Å². The minimum Gasteiger partial charge on any atom is -0.448 e. The first-order valence-corrected chi connectivity index (χ1v) is 10.4. The number of rotatable bonds is 3. The molecule has 6 heteroatoms. The van der Waals surface area contributed by atoms with Gasteiger partial charge in [0.2, 0.25) is 0 Å². The lowest BCUT2D eigenvalue weighted by Crippen LogP contribution is -2.58. The summed E-state index contributed by atoms with van der Waals surface area (Å²) in [5.74, 6) is 0. The van der Waals surface area contributed by atoms with Crippen LogP contribution in [-0.2, 0) is 9.16 Å². The Morgan fingerprint density at radius 3 is 2.65 bits per heavy atom. The highest BCUT2D eigenvalue weighted by Gasteiger charge is 2.44. The van der Waals surface area contributed by atoms with Gasteiger partial charge >= 0.3 is 6.09 Å². The first-order chi connectivity index (χ1) is 9.22. The first kappa shape index (κ1) is 15.8. The zero-order valence-electron chi connectivity index (χ0n) is 13.4. The predicted molar refractivity (Wildman–Crippen MR) is 81.4 cm³/mol. The van der Waals surface area contributed by atoms with Gasteiger partial charge in [0.25, 0.3) is 0 Å². The summed E-state index contributed by atoms with van der Waals surface area (Å²) in [7, 11) is -1.83. The molecule has 20 heavy (non-hydrogen) atoms. The smallest absolute Gasteiger partial charge is 0.410 e. The summed E-state index contributed by atoms with van der Waals surface area (Å²) in [4.78, 5) is 13.7. The molecule has 0 radical (unpaired) electrons. The SMILES string of the molecule is CC(C)(C)[Si](C)(C)OC1CNCCC1N1CCOC1=O. The summed E-state index contributed by atoms with van der Waals surface area (Å²) in [6, 6.07) is 0.153. The minimum atomic E-state index is -1.83. The highest BCUT2D eigenvalue weighted by atomic mass is 28.4. The van der Waals surface area contributed by atoms with Crippen LogP contribution in [0.3, 0.4) is 0 Å². The van der Waals surface area contributed by atoms with Gasteiger partial charge in [-0.05, 0) is 31.1 Å². The lowest BCUT2D eigenvalue weighted by atomic mass is 10.0. The van der Waals surface area contributed by atoms with E-state index in [9.17, 15) is 4.79 Å². The fraction of sp³-hybridized carbons (Fsp3) is 0.929. The van der Waals surface area contributed by atoms with E-state index in [2.05, 4.69) is 39.2 Å². The molecule has 0 saturated carbocycles. The maximum absolute atomic E-state index is 11.8. The third-order valence-electron chi connectivity index (χ3n) is 4.84. The zero-order valence-corrected chi connectivity index (χ0v) is 14.4. The number of carbonyl (C=O) groups excluding carboxylic acids is 1. The Hall–Kier alpha value is -0.593. The summed E-state index contributed by atoms with van der Waals surface area (Å²) in [5.41, 5.74) is 0. The molecule has 1 amide bonds. The molecule has 0 aromatic carbocycles. The van der Waals surface area contributed by atoms with Crippen LogP contribution >= 0.6 is 0 Å². The third kappa shape index (κ3) is 3.18. The molecule has 0 aromatic heterocycles.